The zero-order valence-corrected chi connectivity index (χ0v) is 18.0. The van der Waals surface area contributed by atoms with Crippen molar-refractivity contribution in [1.29, 1.82) is 0 Å². The molecule has 2 saturated heterocycles. The Labute approximate surface area is 166 Å². The maximum absolute atomic E-state index is 10.9. The lowest BCUT2D eigenvalue weighted by Crippen LogP contribution is -2.63. The van der Waals surface area contributed by atoms with E-state index in [1.807, 2.05) is 30.3 Å². The van der Waals surface area contributed by atoms with Gasteiger partial charge in [-0.15, -0.1) is 0 Å². The average Bonchev–Trinajstić information content (AvgIpc) is 2.64. The normalized spacial score (nSPS) is 33.6. The van der Waals surface area contributed by atoms with Crippen molar-refractivity contribution in [1.82, 2.24) is 0 Å². The highest BCUT2D eigenvalue weighted by Crippen LogP contribution is 2.41. The van der Waals surface area contributed by atoms with Crippen LogP contribution >= 0.6 is 0 Å². The topological polar surface area (TPSA) is 106 Å². The van der Waals surface area contributed by atoms with E-state index in [0.717, 1.165) is 5.56 Å². The summed E-state index contributed by atoms with van der Waals surface area (Å²) < 4.78 is 24.2. The van der Waals surface area contributed by atoms with Crippen molar-refractivity contribution in [2.75, 3.05) is 6.61 Å². The van der Waals surface area contributed by atoms with E-state index in [2.05, 4.69) is 43.9 Å². The predicted octanol–water partition coefficient (Wildman–Crippen LogP) is 3.89. The Morgan fingerprint density at radius 2 is 1.89 bits per heavy atom. The van der Waals surface area contributed by atoms with Crippen LogP contribution in [0.1, 0.15) is 32.6 Å². The van der Waals surface area contributed by atoms with Crippen molar-refractivity contribution in [3.8, 4) is 0 Å². The third kappa shape index (κ3) is 4.26. The van der Waals surface area contributed by atoms with Crippen molar-refractivity contribution in [3.05, 3.63) is 46.3 Å². The average molecular weight is 408 g/mol. The van der Waals surface area contributed by atoms with E-state index < -0.39 is 45.3 Å². The molecule has 2 fully saturated rings. The molecule has 9 heteroatoms. The van der Waals surface area contributed by atoms with Gasteiger partial charge in [-0.1, -0.05) is 56.2 Å². The first kappa shape index (κ1) is 21.3. The molecule has 28 heavy (non-hydrogen) atoms. The summed E-state index contributed by atoms with van der Waals surface area (Å²) in [5.74, 6) is 0. The molecule has 0 aliphatic carbocycles. The van der Waals surface area contributed by atoms with E-state index in [1.54, 1.807) is 0 Å². The number of aliphatic hydroxyl groups excluding tert-OH is 1. The summed E-state index contributed by atoms with van der Waals surface area (Å²) in [4.78, 5) is 2.90. The quantitative estimate of drug-likeness (QED) is 0.353. The molecule has 1 N–H and O–H groups in total. The van der Waals surface area contributed by atoms with E-state index in [4.69, 9.17) is 24.2 Å². The number of fused-ring (bicyclic) bond motifs is 1. The van der Waals surface area contributed by atoms with Gasteiger partial charge in [-0.25, -0.2) is 0 Å². The summed E-state index contributed by atoms with van der Waals surface area (Å²) in [5, 5.41) is 14.7. The van der Waals surface area contributed by atoms with Gasteiger partial charge in [-0.3, -0.25) is 0 Å². The summed E-state index contributed by atoms with van der Waals surface area (Å²) in [6.45, 7) is 10.8. The zero-order chi connectivity index (χ0) is 20.5. The van der Waals surface area contributed by atoms with Gasteiger partial charge in [0.25, 0.3) is 0 Å². The highest BCUT2D eigenvalue weighted by atomic mass is 28.4. The Morgan fingerprint density at radius 3 is 2.50 bits per heavy atom. The molecule has 2 aliphatic heterocycles. The molecule has 0 amide bonds. The lowest BCUT2D eigenvalue weighted by atomic mass is 9.96. The van der Waals surface area contributed by atoms with Crippen LogP contribution in [0.25, 0.3) is 10.4 Å². The van der Waals surface area contributed by atoms with Crippen molar-refractivity contribution in [3.63, 3.8) is 0 Å². The third-order valence-electron chi connectivity index (χ3n) is 5.81. The van der Waals surface area contributed by atoms with Gasteiger partial charge < -0.3 is 23.7 Å². The molecule has 8 nitrogen and oxygen atoms in total. The molecule has 1 aromatic carbocycles. The van der Waals surface area contributed by atoms with Crippen LogP contribution in [-0.4, -0.2) is 50.7 Å². The molecule has 5 unspecified atom stereocenters. The standard InChI is InChI=1S/C19H29N3O5Si/c1-19(2,3)28(4,5)27-18-14(21-22-20)15(23)16-13(25-18)11-24-17(26-16)12-9-7-6-8-10-12/h6-10,13-18,23H,11H2,1-5H3/t13?,14?,15?,16-,17?,18?/m1/s1. The van der Waals surface area contributed by atoms with Gasteiger partial charge in [-0.05, 0) is 23.7 Å². The van der Waals surface area contributed by atoms with Crippen LogP contribution in [-0.2, 0) is 18.6 Å². The summed E-state index contributed by atoms with van der Waals surface area (Å²) in [7, 11) is -2.22. The van der Waals surface area contributed by atoms with Crippen molar-refractivity contribution in [2.45, 2.75) is 75.8 Å². The second kappa shape index (κ2) is 8.12. The minimum atomic E-state index is -2.22. The number of azide groups is 1. The smallest absolute Gasteiger partial charge is 0.195 e. The number of hydrogen-bond donors (Lipinski definition) is 1. The summed E-state index contributed by atoms with van der Waals surface area (Å²) in [6.07, 6.45) is -3.68. The summed E-state index contributed by atoms with van der Waals surface area (Å²) in [6, 6.07) is 8.61. The van der Waals surface area contributed by atoms with E-state index in [1.165, 1.54) is 0 Å². The summed E-state index contributed by atoms with van der Waals surface area (Å²) >= 11 is 0. The van der Waals surface area contributed by atoms with Gasteiger partial charge in [0.05, 0.1) is 12.7 Å². The van der Waals surface area contributed by atoms with Gasteiger partial charge in [0, 0.05) is 10.5 Å². The van der Waals surface area contributed by atoms with Crippen LogP contribution in [0, 0.1) is 0 Å². The molecule has 1 aromatic rings. The molecule has 0 saturated carbocycles. The van der Waals surface area contributed by atoms with Crippen LogP contribution < -0.4 is 0 Å². The Hall–Kier alpha value is -1.45. The first-order valence-electron chi connectivity index (χ1n) is 9.51. The molecular weight excluding hydrogens is 378 g/mol. The third-order valence-corrected chi connectivity index (χ3v) is 10.2. The molecule has 3 rings (SSSR count). The fraction of sp³-hybridized carbons (Fsp3) is 0.684. The maximum atomic E-state index is 10.9. The van der Waals surface area contributed by atoms with Crippen LogP contribution in [0.5, 0.6) is 0 Å². The fourth-order valence-electron chi connectivity index (χ4n) is 3.10. The number of benzene rings is 1. The Morgan fingerprint density at radius 1 is 1.21 bits per heavy atom. The van der Waals surface area contributed by atoms with E-state index in [-0.39, 0.29) is 11.6 Å². The molecule has 2 aliphatic rings. The van der Waals surface area contributed by atoms with Gasteiger partial charge in [-0.2, -0.15) is 0 Å². The zero-order valence-electron chi connectivity index (χ0n) is 17.0. The molecule has 2 heterocycles. The van der Waals surface area contributed by atoms with Crippen molar-refractivity contribution < 1.29 is 23.7 Å². The lowest BCUT2D eigenvalue weighted by molar-refractivity contribution is -0.333. The molecule has 6 atom stereocenters. The number of nitrogens with zero attached hydrogens (tertiary/aromatic N) is 3. The van der Waals surface area contributed by atoms with E-state index in [9.17, 15) is 5.11 Å². The molecule has 0 bridgehead atoms. The van der Waals surface area contributed by atoms with Crippen molar-refractivity contribution >= 4 is 8.32 Å². The Bertz CT molecular complexity index is 720. The highest BCUT2D eigenvalue weighted by molar-refractivity contribution is 6.74. The highest BCUT2D eigenvalue weighted by Gasteiger charge is 2.52. The number of aliphatic hydroxyl groups is 1. The number of hydrogen-bond acceptors (Lipinski definition) is 6. The SMILES string of the molecule is CC(C)(C)[Si](C)(C)OC1OC2COC(c3ccccc3)O[C@H]2C(O)C1N=[N+]=[N-]. The lowest BCUT2D eigenvalue weighted by Gasteiger charge is -2.49. The van der Waals surface area contributed by atoms with Crippen LogP contribution in [0.4, 0.5) is 0 Å². The van der Waals surface area contributed by atoms with Gasteiger partial charge in [0.15, 0.2) is 20.9 Å². The Kier molecular flexibility index (Phi) is 6.16. The van der Waals surface area contributed by atoms with Gasteiger partial charge in [0.1, 0.15) is 18.2 Å². The molecular formula is C19H29N3O5Si. The van der Waals surface area contributed by atoms with Crippen LogP contribution in [0.2, 0.25) is 18.1 Å². The first-order chi connectivity index (χ1) is 13.1. The molecule has 154 valence electrons. The van der Waals surface area contributed by atoms with E-state index in [0.29, 0.717) is 0 Å². The first-order valence-corrected chi connectivity index (χ1v) is 12.4. The molecule has 0 aromatic heterocycles. The largest absolute Gasteiger partial charge is 0.392 e. The Balaban J connectivity index is 1.80. The number of rotatable bonds is 4. The van der Waals surface area contributed by atoms with E-state index >= 15 is 0 Å². The monoisotopic (exact) mass is 407 g/mol. The molecule has 0 radical (unpaired) electrons. The van der Waals surface area contributed by atoms with Crippen LogP contribution in [0.3, 0.4) is 0 Å². The van der Waals surface area contributed by atoms with Crippen molar-refractivity contribution in [2.24, 2.45) is 5.11 Å². The maximum Gasteiger partial charge on any atom is 0.195 e. The number of ether oxygens (including phenoxy) is 3. The fourth-order valence-corrected chi connectivity index (χ4v) is 4.23. The second-order valence-electron chi connectivity index (χ2n) is 8.78. The van der Waals surface area contributed by atoms with Crippen LogP contribution in [0.15, 0.2) is 35.4 Å². The minimum absolute atomic E-state index is 0.0585. The molecule has 0 spiro atoms. The van der Waals surface area contributed by atoms with Gasteiger partial charge in [0.2, 0.25) is 0 Å². The summed E-state index contributed by atoms with van der Waals surface area (Å²) in [5.41, 5.74) is 9.87. The minimum Gasteiger partial charge on any atom is -0.392 e. The van der Waals surface area contributed by atoms with Gasteiger partial charge >= 0.3 is 0 Å². The second-order valence-corrected chi connectivity index (χ2v) is 13.5. The predicted molar refractivity (Wildman–Crippen MR) is 106 cm³/mol.